The fraction of sp³-hybridized carbons (Fsp3) is 0. The number of benzene rings is 8. The molecule has 0 spiro atoms. The van der Waals surface area contributed by atoms with Crippen LogP contribution in [0.3, 0.4) is 0 Å². The summed E-state index contributed by atoms with van der Waals surface area (Å²) in [5.41, 5.74) is 15.0. The van der Waals surface area contributed by atoms with E-state index in [0.29, 0.717) is 5.82 Å². The van der Waals surface area contributed by atoms with Crippen molar-refractivity contribution >= 4 is 42.4 Å². The Bertz CT molecular complexity index is 3270. The van der Waals surface area contributed by atoms with Gasteiger partial charge in [-0.15, -0.1) is 11.3 Å². The maximum absolute atomic E-state index is 5.40. The Kier molecular flexibility index (Phi) is 8.68. The van der Waals surface area contributed by atoms with Crippen molar-refractivity contribution in [2.45, 2.75) is 0 Å². The second-order valence-corrected chi connectivity index (χ2v) is 15.8. The van der Waals surface area contributed by atoms with Crippen LogP contribution in [0, 0.1) is 0 Å². The SMILES string of the molecule is c1ccc(-c2ccc(-c3cc(-c4ccc(-c5ccc(-c6nc7cc(-c8ccccc8)ccc7c7sc8ccccc8c67)cc5)cc4)nc(-c4ccccc4)n3)cc2)cc1. The smallest absolute Gasteiger partial charge is 0.160 e. The molecule has 0 fully saturated rings. The maximum Gasteiger partial charge on any atom is 0.160 e. The highest BCUT2D eigenvalue weighted by Crippen LogP contribution is 2.43. The molecule has 11 aromatic rings. The fourth-order valence-electron chi connectivity index (χ4n) is 8.06. The average Bonchev–Trinajstić information content (AvgIpc) is 3.72. The van der Waals surface area contributed by atoms with Gasteiger partial charge in [-0.05, 0) is 51.6 Å². The molecule has 0 aliphatic heterocycles. The van der Waals surface area contributed by atoms with E-state index in [9.17, 15) is 0 Å². The highest BCUT2D eigenvalue weighted by atomic mass is 32.1. The minimum atomic E-state index is 0.705. The molecule has 0 saturated heterocycles. The van der Waals surface area contributed by atoms with E-state index in [1.807, 2.05) is 35.6 Å². The van der Waals surface area contributed by atoms with E-state index >= 15 is 0 Å². The van der Waals surface area contributed by atoms with Gasteiger partial charge >= 0.3 is 0 Å². The van der Waals surface area contributed by atoms with Gasteiger partial charge in [0.25, 0.3) is 0 Å². The second-order valence-electron chi connectivity index (χ2n) is 14.8. The second kappa shape index (κ2) is 14.8. The molecule has 0 unspecified atom stereocenters. The Morgan fingerprint density at radius 2 is 0.746 bits per heavy atom. The van der Waals surface area contributed by atoms with Crippen molar-refractivity contribution in [1.29, 1.82) is 0 Å². The first kappa shape index (κ1) is 34.7. The van der Waals surface area contributed by atoms with Crippen LogP contribution >= 0.6 is 11.3 Å². The van der Waals surface area contributed by atoms with Crippen LogP contribution in [0.2, 0.25) is 0 Å². The highest BCUT2D eigenvalue weighted by Gasteiger charge is 2.17. The van der Waals surface area contributed by atoms with E-state index in [0.717, 1.165) is 56.0 Å². The largest absolute Gasteiger partial charge is 0.247 e. The molecule has 3 nitrogen and oxygen atoms in total. The van der Waals surface area contributed by atoms with Crippen LogP contribution in [-0.2, 0) is 0 Å². The lowest BCUT2D eigenvalue weighted by Gasteiger charge is -2.11. The third-order valence-electron chi connectivity index (χ3n) is 11.1. The summed E-state index contributed by atoms with van der Waals surface area (Å²) < 4.78 is 2.55. The third kappa shape index (κ3) is 6.56. The summed E-state index contributed by atoms with van der Waals surface area (Å²) in [4.78, 5) is 15.5. The summed E-state index contributed by atoms with van der Waals surface area (Å²) in [5.74, 6) is 0.705. The highest BCUT2D eigenvalue weighted by molar-refractivity contribution is 7.26. The zero-order chi connectivity index (χ0) is 39.1. The number of rotatable bonds is 7. The summed E-state index contributed by atoms with van der Waals surface area (Å²) >= 11 is 1.85. The minimum absolute atomic E-state index is 0.705. The van der Waals surface area contributed by atoms with Crippen LogP contribution in [0.25, 0.3) is 110 Å². The Labute approximate surface area is 346 Å². The topological polar surface area (TPSA) is 38.7 Å². The average molecular weight is 770 g/mol. The Balaban J connectivity index is 0.943. The molecule has 0 aliphatic carbocycles. The summed E-state index contributed by atoms with van der Waals surface area (Å²) in [6.07, 6.45) is 0. The van der Waals surface area contributed by atoms with Gasteiger partial charge in [-0.2, -0.15) is 0 Å². The minimum Gasteiger partial charge on any atom is -0.247 e. The predicted molar refractivity (Wildman–Crippen MR) is 248 cm³/mol. The van der Waals surface area contributed by atoms with E-state index in [-0.39, 0.29) is 0 Å². The van der Waals surface area contributed by atoms with Crippen LogP contribution in [0.4, 0.5) is 0 Å². The number of hydrogen-bond donors (Lipinski definition) is 0. The van der Waals surface area contributed by atoms with Crippen molar-refractivity contribution in [1.82, 2.24) is 15.0 Å². The van der Waals surface area contributed by atoms with Crippen LogP contribution in [0.1, 0.15) is 0 Å². The first-order valence-electron chi connectivity index (χ1n) is 19.8. The predicted octanol–water partition coefficient (Wildman–Crippen LogP) is 15.1. The quantitative estimate of drug-likeness (QED) is 0.162. The van der Waals surface area contributed by atoms with E-state index < -0.39 is 0 Å². The first-order valence-corrected chi connectivity index (χ1v) is 20.7. The van der Waals surface area contributed by atoms with Crippen LogP contribution in [0.5, 0.6) is 0 Å². The van der Waals surface area contributed by atoms with Crippen molar-refractivity contribution in [2.24, 2.45) is 0 Å². The molecule has 0 saturated carbocycles. The molecule has 0 bridgehead atoms. The molecule has 0 amide bonds. The molecule has 8 aromatic carbocycles. The zero-order valence-electron chi connectivity index (χ0n) is 32.0. The molecule has 0 aliphatic rings. The van der Waals surface area contributed by atoms with Crippen LogP contribution in [0.15, 0.2) is 212 Å². The molecule has 59 heavy (non-hydrogen) atoms. The first-order chi connectivity index (χ1) is 29.2. The lowest BCUT2D eigenvalue weighted by molar-refractivity contribution is 1.18. The van der Waals surface area contributed by atoms with Crippen LogP contribution < -0.4 is 0 Å². The Morgan fingerprint density at radius 3 is 1.32 bits per heavy atom. The van der Waals surface area contributed by atoms with Crippen molar-refractivity contribution in [2.75, 3.05) is 0 Å². The van der Waals surface area contributed by atoms with E-state index in [1.165, 1.54) is 47.8 Å². The van der Waals surface area contributed by atoms with E-state index in [2.05, 4.69) is 188 Å². The van der Waals surface area contributed by atoms with Gasteiger partial charge in [0.15, 0.2) is 5.82 Å². The number of pyridine rings is 1. The molecule has 11 rings (SSSR count). The molecule has 0 radical (unpaired) electrons. The monoisotopic (exact) mass is 769 g/mol. The standard InChI is InChI=1S/C55H35N3S/c1-4-12-36(13-5-1)38-20-26-41(27-21-38)48-35-49(58-55(57-48)44-16-8-3-9-17-44)42-28-22-39(23-29-42)40-24-30-43(31-25-40)53-52-47-18-10-11-19-51(47)59-54(52)46-33-32-45(34-50(46)56-53)37-14-6-2-7-15-37/h1-35H. The van der Waals surface area contributed by atoms with Gasteiger partial charge in [0.1, 0.15) is 0 Å². The normalized spacial score (nSPS) is 11.4. The van der Waals surface area contributed by atoms with Gasteiger partial charge in [-0.25, -0.2) is 15.0 Å². The number of aromatic nitrogens is 3. The third-order valence-corrected chi connectivity index (χ3v) is 12.3. The van der Waals surface area contributed by atoms with Gasteiger partial charge in [-0.1, -0.05) is 194 Å². The van der Waals surface area contributed by atoms with Gasteiger partial charge < -0.3 is 0 Å². The van der Waals surface area contributed by atoms with Crippen molar-refractivity contribution in [3.05, 3.63) is 212 Å². The number of fused-ring (bicyclic) bond motifs is 5. The molecule has 0 N–H and O–H groups in total. The molecule has 276 valence electrons. The van der Waals surface area contributed by atoms with Gasteiger partial charge in [0, 0.05) is 47.8 Å². The lowest BCUT2D eigenvalue weighted by Crippen LogP contribution is -1.96. The molecular weight excluding hydrogens is 735 g/mol. The van der Waals surface area contributed by atoms with E-state index in [4.69, 9.17) is 15.0 Å². The van der Waals surface area contributed by atoms with Crippen molar-refractivity contribution in [3.63, 3.8) is 0 Å². The number of thiophene rings is 1. The van der Waals surface area contributed by atoms with Gasteiger partial charge in [-0.3, -0.25) is 0 Å². The summed E-state index contributed by atoms with van der Waals surface area (Å²) in [6.45, 7) is 0. The molecule has 3 aromatic heterocycles. The fourth-order valence-corrected chi connectivity index (χ4v) is 9.30. The van der Waals surface area contributed by atoms with Crippen LogP contribution in [-0.4, -0.2) is 15.0 Å². The van der Waals surface area contributed by atoms with E-state index in [1.54, 1.807) is 0 Å². The van der Waals surface area contributed by atoms with Gasteiger partial charge in [0.05, 0.1) is 22.6 Å². The van der Waals surface area contributed by atoms with Crippen molar-refractivity contribution < 1.29 is 0 Å². The molecular formula is C55H35N3S. The van der Waals surface area contributed by atoms with Crippen molar-refractivity contribution in [3.8, 4) is 78.5 Å². The summed E-state index contributed by atoms with van der Waals surface area (Å²) in [6, 6.07) is 74.9. The summed E-state index contributed by atoms with van der Waals surface area (Å²) in [7, 11) is 0. The molecule has 0 atom stereocenters. The molecule has 4 heteroatoms. The number of hydrogen-bond acceptors (Lipinski definition) is 4. The Hall–Kier alpha value is -7.53. The number of nitrogens with zero attached hydrogens (tertiary/aromatic N) is 3. The van der Waals surface area contributed by atoms with Gasteiger partial charge in [0.2, 0.25) is 0 Å². The zero-order valence-corrected chi connectivity index (χ0v) is 32.8. The Morgan fingerprint density at radius 1 is 0.305 bits per heavy atom. The maximum atomic E-state index is 5.40. The lowest BCUT2D eigenvalue weighted by atomic mass is 9.97. The summed E-state index contributed by atoms with van der Waals surface area (Å²) in [5, 5.41) is 3.65. The molecule has 3 heterocycles.